The van der Waals surface area contributed by atoms with E-state index < -0.39 is 0 Å². The number of aromatic nitrogens is 1. The fraction of sp³-hybridized carbons (Fsp3) is 0.429. The van der Waals surface area contributed by atoms with E-state index in [0.717, 1.165) is 43.2 Å². The summed E-state index contributed by atoms with van der Waals surface area (Å²) >= 11 is 0. The molecule has 0 unspecified atom stereocenters. The molecule has 0 fully saturated rings. The van der Waals surface area contributed by atoms with Crippen molar-refractivity contribution < 1.29 is 9.53 Å². The Morgan fingerprint density at radius 3 is 2.35 bits per heavy atom. The summed E-state index contributed by atoms with van der Waals surface area (Å²) in [7, 11) is 0. The van der Waals surface area contributed by atoms with Crippen LogP contribution in [-0.4, -0.2) is 30.1 Å². The van der Waals surface area contributed by atoms with Crippen LogP contribution >= 0.6 is 0 Å². The number of hydrogen-bond donors (Lipinski definition) is 1. The van der Waals surface area contributed by atoms with Crippen LogP contribution in [0, 0.1) is 0 Å². The zero-order valence-corrected chi connectivity index (χ0v) is 16.2. The largest absolute Gasteiger partial charge is 0.491 e. The molecule has 0 bridgehead atoms. The predicted octanol–water partition coefficient (Wildman–Crippen LogP) is 4.75. The van der Waals surface area contributed by atoms with Gasteiger partial charge in [0, 0.05) is 30.5 Å². The van der Waals surface area contributed by atoms with Crippen molar-refractivity contribution in [1.29, 1.82) is 0 Å². The molecule has 0 aliphatic rings. The molecule has 26 heavy (non-hydrogen) atoms. The summed E-state index contributed by atoms with van der Waals surface area (Å²) in [5.41, 5.74) is 1.35. The van der Waals surface area contributed by atoms with Gasteiger partial charge in [-0.05, 0) is 63.1 Å². The number of pyridine rings is 1. The molecule has 0 aliphatic carbocycles. The minimum atomic E-state index is -0.140. The van der Waals surface area contributed by atoms with E-state index in [0.29, 0.717) is 5.56 Å². The number of amides is 1. The van der Waals surface area contributed by atoms with Crippen LogP contribution in [0.2, 0.25) is 0 Å². The predicted molar refractivity (Wildman–Crippen MR) is 107 cm³/mol. The summed E-state index contributed by atoms with van der Waals surface area (Å²) in [5.74, 6) is 1.50. The molecule has 2 rings (SSSR count). The van der Waals surface area contributed by atoms with E-state index in [1.165, 1.54) is 0 Å². The Labute approximate surface area is 156 Å². The third-order valence-electron chi connectivity index (χ3n) is 3.80. The molecular formula is C21H29N3O2. The van der Waals surface area contributed by atoms with Crippen LogP contribution in [0.5, 0.6) is 5.75 Å². The summed E-state index contributed by atoms with van der Waals surface area (Å²) in [5, 5.41) is 2.93. The van der Waals surface area contributed by atoms with Gasteiger partial charge in [0.1, 0.15) is 11.6 Å². The van der Waals surface area contributed by atoms with Gasteiger partial charge in [0.15, 0.2) is 0 Å². The van der Waals surface area contributed by atoms with Gasteiger partial charge in [-0.25, -0.2) is 4.98 Å². The molecule has 0 saturated heterocycles. The van der Waals surface area contributed by atoms with Crippen LogP contribution < -0.4 is 15.0 Å². The maximum absolute atomic E-state index is 12.6. The average molecular weight is 355 g/mol. The van der Waals surface area contributed by atoms with Crippen molar-refractivity contribution in [1.82, 2.24) is 4.98 Å². The lowest BCUT2D eigenvalue weighted by molar-refractivity contribution is 0.102. The van der Waals surface area contributed by atoms with Crippen molar-refractivity contribution in [3.05, 3.63) is 48.2 Å². The third-order valence-corrected chi connectivity index (χ3v) is 3.80. The summed E-state index contributed by atoms with van der Waals surface area (Å²) in [6, 6.07) is 11.0. The van der Waals surface area contributed by atoms with Crippen LogP contribution in [-0.2, 0) is 0 Å². The fourth-order valence-electron chi connectivity index (χ4n) is 2.71. The zero-order chi connectivity index (χ0) is 18.9. The molecule has 0 atom stereocenters. The van der Waals surface area contributed by atoms with Gasteiger partial charge in [0.05, 0.1) is 6.10 Å². The number of hydrogen-bond acceptors (Lipinski definition) is 4. The highest BCUT2D eigenvalue weighted by molar-refractivity contribution is 6.04. The smallest absolute Gasteiger partial charge is 0.255 e. The van der Waals surface area contributed by atoms with E-state index in [-0.39, 0.29) is 12.0 Å². The van der Waals surface area contributed by atoms with E-state index in [9.17, 15) is 4.79 Å². The van der Waals surface area contributed by atoms with Gasteiger partial charge in [0.25, 0.3) is 5.91 Å². The van der Waals surface area contributed by atoms with Crippen molar-refractivity contribution in [2.45, 2.75) is 46.6 Å². The molecule has 140 valence electrons. The molecule has 1 aromatic carbocycles. The van der Waals surface area contributed by atoms with Gasteiger partial charge in [-0.2, -0.15) is 0 Å². The van der Waals surface area contributed by atoms with Crippen LogP contribution in [0.15, 0.2) is 42.6 Å². The van der Waals surface area contributed by atoms with Gasteiger partial charge in [-0.3, -0.25) is 4.79 Å². The highest BCUT2D eigenvalue weighted by Crippen LogP contribution is 2.19. The maximum Gasteiger partial charge on any atom is 0.255 e. The van der Waals surface area contributed by atoms with Gasteiger partial charge in [-0.1, -0.05) is 13.8 Å². The number of nitrogens with one attached hydrogen (secondary N) is 1. The Kier molecular flexibility index (Phi) is 7.45. The highest BCUT2D eigenvalue weighted by Gasteiger charge is 2.11. The van der Waals surface area contributed by atoms with E-state index in [1.54, 1.807) is 12.3 Å². The fourth-order valence-corrected chi connectivity index (χ4v) is 2.71. The van der Waals surface area contributed by atoms with Gasteiger partial charge < -0.3 is 15.0 Å². The van der Waals surface area contributed by atoms with Crippen LogP contribution in [0.3, 0.4) is 0 Å². The number of carbonyl (C=O) groups is 1. The lowest BCUT2D eigenvalue weighted by Crippen LogP contribution is -2.26. The second-order valence-electron chi connectivity index (χ2n) is 6.53. The molecule has 0 radical (unpaired) electrons. The molecule has 2 aromatic rings. The number of rotatable bonds is 9. The van der Waals surface area contributed by atoms with Crippen molar-refractivity contribution in [2.75, 3.05) is 23.3 Å². The van der Waals surface area contributed by atoms with Crippen LogP contribution in [0.25, 0.3) is 0 Å². The van der Waals surface area contributed by atoms with Gasteiger partial charge in [0.2, 0.25) is 0 Å². The number of carbonyl (C=O) groups excluding carboxylic acids is 1. The Morgan fingerprint density at radius 1 is 1.12 bits per heavy atom. The Morgan fingerprint density at radius 2 is 1.77 bits per heavy atom. The summed E-state index contributed by atoms with van der Waals surface area (Å²) in [6.45, 7) is 10.1. The first-order valence-electron chi connectivity index (χ1n) is 9.32. The van der Waals surface area contributed by atoms with E-state index in [4.69, 9.17) is 4.74 Å². The molecule has 0 saturated carbocycles. The normalized spacial score (nSPS) is 10.7. The van der Waals surface area contributed by atoms with Crippen LogP contribution in [0.4, 0.5) is 11.5 Å². The second kappa shape index (κ2) is 9.80. The Bertz CT molecular complexity index is 693. The summed E-state index contributed by atoms with van der Waals surface area (Å²) in [6.07, 6.45) is 3.91. The van der Waals surface area contributed by atoms with Crippen molar-refractivity contribution in [3.63, 3.8) is 0 Å². The number of nitrogens with zero attached hydrogens (tertiary/aromatic N) is 2. The molecule has 0 aliphatic heterocycles. The first kappa shape index (κ1) is 19.8. The van der Waals surface area contributed by atoms with Crippen molar-refractivity contribution in [3.8, 4) is 5.75 Å². The topological polar surface area (TPSA) is 54.5 Å². The lowest BCUT2D eigenvalue weighted by atomic mass is 10.2. The highest BCUT2D eigenvalue weighted by atomic mass is 16.5. The molecule has 5 heteroatoms. The van der Waals surface area contributed by atoms with Gasteiger partial charge >= 0.3 is 0 Å². The van der Waals surface area contributed by atoms with Crippen LogP contribution in [0.1, 0.15) is 50.9 Å². The SMILES string of the molecule is CCCN(CCC)c1cc(C(=O)Nc2ccc(OC(C)C)cc2)ccn1. The number of anilines is 2. The first-order chi connectivity index (χ1) is 12.5. The summed E-state index contributed by atoms with van der Waals surface area (Å²) in [4.78, 5) is 19.2. The third kappa shape index (κ3) is 5.76. The van der Waals surface area contributed by atoms with Crippen molar-refractivity contribution in [2.24, 2.45) is 0 Å². The Hall–Kier alpha value is -2.56. The maximum atomic E-state index is 12.6. The summed E-state index contributed by atoms with van der Waals surface area (Å²) < 4.78 is 5.62. The van der Waals surface area contributed by atoms with E-state index >= 15 is 0 Å². The molecular weight excluding hydrogens is 326 g/mol. The molecule has 1 N–H and O–H groups in total. The molecule has 5 nitrogen and oxygen atoms in total. The minimum Gasteiger partial charge on any atom is -0.491 e. The Balaban J connectivity index is 2.08. The molecule has 0 spiro atoms. The number of benzene rings is 1. The molecule has 1 aromatic heterocycles. The number of ether oxygens (including phenoxy) is 1. The van der Waals surface area contributed by atoms with E-state index in [2.05, 4.69) is 29.0 Å². The minimum absolute atomic E-state index is 0.125. The second-order valence-corrected chi connectivity index (χ2v) is 6.53. The first-order valence-corrected chi connectivity index (χ1v) is 9.32. The van der Waals surface area contributed by atoms with Crippen molar-refractivity contribution >= 4 is 17.4 Å². The van der Waals surface area contributed by atoms with E-state index in [1.807, 2.05) is 44.2 Å². The lowest BCUT2D eigenvalue weighted by Gasteiger charge is -2.22. The molecule has 1 heterocycles. The molecule has 1 amide bonds. The standard InChI is InChI=1S/C21H29N3O2/c1-5-13-24(14-6-2)20-15-17(11-12-22-20)21(25)23-18-7-9-19(10-8-18)26-16(3)4/h7-12,15-16H,5-6,13-14H2,1-4H3,(H,23,25). The quantitative estimate of drug-likeness (QED) is 0.705. The average Bonchev–Trinajstić information content (AvgIpc) is 2.63. The van der Waals surface area contributed by atoms with Gasteiger partial charge in [-0.15, -0.1) is 0 Å². The zero-order valence-electron chi connectivity index (χ0n) is 16.2. The monoisotopic (exact) mass is 355 g/mol.